The maximum atomic E-state index is 14.2. The van der Waals surface area contributed by atoms with Gasteiger partial charge in [-0.25, -0.2) is 9.18 Å². The molecule has 0 atom stereocenters. The van der Waals surface area contributed by atoms with Crippen molar-refractivity contribution >= 4 is 23.6 Å². The normalized spacial score (nSPS) is 15.7. The number of carbonyl (C=O) groups is 2. The number of ether oxygens (including phenoxy) is 1. The molecule has 0 bridgehead atoms. The standard InChI is InChI=1S/C20H16FNO4/c1-12-18(20(25)26-2)15(11-13-7-9-14(23)10-8-13)19(24)22(12)17-6-4-3-5-16(17)21/h3-11,23H,1-2H3/b15-11-. The summed E-state index contributed by atoms with van der Waals surface area (Å²) in [6.45, 7) is 1.56. The number of nitrogens with zero attached hydrogens (tertiary/aromatic N) is 1. The average Bonchev–Trinajstić information content (AvgIpc) is 2.87. The Kier molecular flexibility index (Phi) is 4.58. The Morgan fingerprint density at radius 1 is 1.15 bits per heavy atom. The number of anilines is 1. The largest absolute Gasteiger partial charge is 0.508 e. The molecule has 3 rings (SSSR count). The fourth-order valence-electron chi connectivity index (χ4n) is 2.84. The van der Waals surface area contributed by atoms with E-state index < -0.39 is 17.7 Å². The van der Waals surface area contributed by atoms with Crippen LogP contribution in [-0.2, 0) is 14.3 Å². The number of carbonyl (C=O) groups excluding carboxylic acids is 2. The number of hydrogen-bond donors (Lipinski definition) is 1. The second kappa shape index (κ2) is 6.84. The van der Waals surface area contributed by atoms with Crippen molar-refractivity contribution in [2.24, 2.45) is 0 Å². The monoisotopic (exact) mass is 353 g/mol. The van der Waals surface area contributed by atoms with Crippen LogP contribution in [0.3, 0.4) is 0 Å². The molecule has 132 valence electrons. The van der Waals surface area contributed by atoms with Gasteiger partial charge in [-0.3, -0.25) is 9.69 Å². The molecule has 0 radical (unpaired) electrons. The van der Waals surface area contributed by atoms with Crippen molar-refractivity contribution in [2.45, 2.75) is 6.92 Å². The number of phenolic OH excluding ortho intramolecular Hbond substituents is 1. The Bertz CT molecular complexity index is 945. The molecule has 2 aromatic rings. The van der Waals surface area contributed by atoms with E-state index in [1.165, 1.54) is 43.5 Å². The van der Waals surface area contributed by atoms with Crippen LogP contribution in [0.4, 0.5) is 10.1 Å². The Morgan fingerprint density at radius 3 is 2.42 bits per heavy atom. The van der Waals surface area contributed by atoms with Gasteiger partial charge in [0.25, 0.3) is 5.91 Å². The third kappa shape index (κ3) is 2.97. The van der Waals surface area contributed by atoms with E-state index in [4.69, 9.17) is 4.74 Å². The van der Waals surface area contributed by atoms with Gasteiger partial charge in [-0.15, -0.1) is 0 Å². The molecule has 1 aliphatic heterocycles. The van der Waals surface area contributed by atoms with Crippen LogP contribution < -0.4 is 4.90 Å². The Morgan fingerprint density at radius 2 is 1.81 bits per heavy atom. The molecule has 1 heterocycles. The van der Waals surface area contributed by atoms with Gasteiger partial charge in [-0.05, 0) is 42.8 Å². The summed E-state index contributed by atoms with van der Waals surface area (Å²) in [7, 11) is 1.22. The van der Waals surface area contributed by atoms with E-state index in [1.54, 1.807) is 25.1 Å². The number of rotatable bonds is 3. The van der Waals surface area contributed by atoms with Crippen molar-refractivity contribution in [3.05, 3.63) is 76.8 Å². The molecule has 0 fully saturated rings. The molecule has 5 nitrogen and oxygen atoms in total. The van der Waals surface area contributed by atoms with Crippen LogP contribution in [0.1, 0.15) is 12.5 Å². The summed E-state index contributed by atoms with van der Waals surface area (Å²) in [5.41, 5.74) is 1.13. The van der Waals surface area contributed by atoms with E-state index in [0.717, 1.165) is 4.90 Å². The molecule has 1 aliphatic rings. The number of aromatic hydroxyl groups is 1. The summed E-state index contributed by atoms with van der Waals surface area (Å²) in [4.78, 5) is 26.4. The summed E-state index contributed by atoms with van der Waals surface area (Å²) in [6.07, 6.45) is 1.51. The number of benzene rings is 2. The molecule has 26 heavy (non-hydrogen) atoms. The lowest BCUT2D eigenvalue weighted by atomic mass is 10.0. The SMILES string of the molecule is COC(=O)C1=C(C)N(c2ccccc2F)C(=O)/C1=C\c1ccc(O)cc1. The molecule has 0 spiro atoms. The van der Waals surface area contributed by atoms with Crippen LogP contribution >= 0.6 is 0 Å². The van der Waals surface area contributed by atoms with Gasteiger partial charge in [0.2, 0.25) is 0 Å². The number of para-hydroxylation sites is 1. The topological polar surface area (TPSA) is 66.8 Å². The van der Waals surface area contributed by atoms with Gasteiger partial charge in [-0.1, -0.05) is 24.3 Å². The van der Waals surface area contributed by atoms with Crippen molar-refractivity contribution in [3.63, 3.8) is 0 Å². The number of halogens is 1. The highest BCUT2D eigenvalue weighted by Crippen LogP contribution is 2.36. The maximum Gasteiger partial charge on any atom is 0.340 e. The van der Waals surface area contributed by atoms with Crippen molar-refractivity contribution in [3.8, 4) is 5.75 Å². The van der Waals surface area contributed by atoms with E-state index in [1.807, 2.05) is 0 Å². The van der Waals surface area contributed by atoms with Crippen LogP contribution in [-0.4, -0.2) is 24.1 Å². The molecule has 0 saturated heterocycles. The quantitative estimate of drug-likeness (QED) is 0.678. The number of phenols is 1. The molecule has 0 unspecified atom stereocenters. The number of methoxy groups -OCH3 is 1. The highest BCUT2D eigenvalue weighted by atomic mass is 19.1. The van der Waals surface area contributed by atoms with E-state index in [0.29, 0.717) is 5.56 Å². The molecule has 6 heteroatoms. The highest BCUT2D eigenvalue weighted by molar-refractivity contribution is 6.23. The van der Waals surface area contributed by atoms with Crippen LogP contribution in [0.15, 0.2) is 65.4 Å². The van der Waals surface area contributed by atoms with Crippen LogP contribution in [0, 0.1) is 5.82 Å². The fraction of sp³-hybridized carbons (Fsp3) is 0.100. The van der Waals surface area contributed by atoms with E-state index in [2.05, 4.69) is 0 Å². The number of hydrogen-bond acceptors (Lipinski definition) is 4. The van der Waals surface area contributed by atoms with E-state index in [9.17, 15) is 19.1 Å². The Balaban J connectivity index is 2.16. The number of amides is 1. The first kappa shape index (κ1) is 17.4. The maximum absolute atomic E-state index is 14.2. The van der Waals surface area contributed by atoms with Crippen molar-refractivity contribution in [2.75, 3.05) is 12.0 Å². The molecule has 1 amide bonds. The first-order valence-electron chi connectivity index (χ1n) is 7.83. The summed E-state index contributed by atoms with van der Waals surface area (Å²) >= 11 is 0. The van der Waals surface area contributed by atoms with Gasteiger partial charge in [-0.2, -0.15) is 0 Å². The van der Waals surface area contributed by atoms with Gasteiger partial charge < -0.3 is 9.84 Å². The smallest absolute Gasteiger partial charge is 0.340 e. The van der Waals surface area contributed by atoms with E-state index in [-0.39, 0.29) is 28.3 Å². The Hall–Kier alpha value is -3.41. The zero-order valence-electron chi connectivity index (χ0n) is 14.2. The number of esters is 1. The molecule has 2 aromatic carbocycles. The minimum Gasteiger partial charge on any atom is -0.508 e. The van der Waals surface area contributed by atoms with Crippen molar-refractivity contribution in [1.29, 1.82) is 0 Å². The molecule has 0 aromatic heterocycles. The second-order valence-corrected chi connectivity index (χ2v) is 5.69. The van der Waals surface area contributed by atoms with Gasteiger partial charge in [0.05, 0.1) is 23.9 Å². The highest BCUT2D eigenvalue weighted by Gasteiger charge is 2.38. The van der Waals surface area contributed by atoms with Gasteiger partial charge >= 0.3 is 5.97 Å². The zero-order valence-corrected chi connectivity index (χ0v) is 14.2. The lowest BCUT2D eigenvalue weighted by molar-refractivity contribution is -0.136. The van der Waals surface area contributed by atoms with Crippen molar-refractivity contribution in [1.82, 2.24) is 0 Å². The summed E-state index contributed by atoms with van der Waals surface area (Å²) < 4.78 is 19.0. The Labute approximate surface area is 149 Å². The lowest BCUT2D eigenvalue weighted by Crippen LogP contribution is -2.25. The first-order chi connectivity index (χ1) is 12.4. The predicted octanol–water partition coefficient (Wildman–Crippen LogP) is 3.41. The molecule has 0 saturated carbocycles. The van der Waals surface area contributed by atoms with E-state index >= 15 is 0 Å². The van der Waals surface area contributed by atoms with Crippen molar-refractivity contribution < 1.29 is 23.8 Å². The minimum atomic E-state index is -0.681. The third-order valence-corrected chi connectivity index (χ3v) is 4.09. The summed E-state index contributed by atoms with van der Waals surface area (Å²) in [6, 6.07) is 12.0. The summed E-state index contributed by atoms with van der Waals surface area (Å²) in [5, 5.41) is 9.39. The predicted molar refractivity (Wildman–Crippen MR) is 94.7 cm³/mol. The van der Waals surface area contributed by atoms with Gasteiger partial charge in [0.15, 0.2) is 0 Å². The fourth-order valence-corrected chi connectivity index (χ4v) is 2.84. The van der Waals surface area contributed by atoms with Gasteiger partial charge in [0.1, 0.15) is 11.6 Å². The minimum absolute atomic E-state index is 0.0607. The third-order valence-electron chi connectivity index (χ3n) is 4.09. The first-order valence-corrected chi connectivity index (χ1v) is 7.83. The van der Waals surface area contributed by atoms with Gasteiger partial charge in [0, 0.05) is 5.70 Å². The second-order valence-electron chi connectivity index (χ2n) is 5.69. The molecular weight excluding hydrogens is 337 g/mol. The number of allylic oxidation sites excluding steroid dienone is 1. The van der Waals surface area contributed by atoms with Crippen LogP contribution in [0.2, 0.25) is 0 Å². The van der Waals surface area contributed by atoms with Crippen LogP contribution in [0.25, 0.3) is 6.08 Å². The van der Waals surface area contributed by atoms with Crippen LogP contribution in [0.5, 0.6) is 5.75 Å². The molecule has 1 N–H and O–H groups in total. The molecular formula is C20H16FNO4. The zero-order chi connectivity index (χ0) is 18.8. The average molecular weight is 353 g/mol. The summed E-state index contributed by atoms with van der Waals surface area (Å²) in [5.74, 6) is -1.70. The molecule has 0 aliphatic carbocycles. The lowest BCUT2D eigenvalue weighted by Gasteiger charge is -2.18.